The highest BCUT2D eigenvalue weighted by Crippen LogP contribution is 2.08. The number of ether oxygens (including phenoxy) is 1. The summed E-state index contributed by atoms with van der Waals surface area (Å²) in [6, 6.07) is 3.41. The number of nitrogens with zero attached hydrogens (tertiary/aromatic N) is 3. The maximum absolute atomic E-state index is 5.99. The minimum atomic E-state index is -0.448. The van der Waals surface area contributed by atoms with E-state index in [-0.39, 0.29) is 6.04 Å². The van der Waals surface area contributed by atoms with E-state index >= 15 is 0 Å². The average Bonchev–Trinajstić information content (AvgIpc) is 2.78. The monoisotopic (exact) mass is 281 g/mol. The van der Waals surface area contributed by atoms with E-state index in [9.17, 15) is 0 Å². The smallest absolute Gasteiger partial charge is 0.145 e. The first-order chi connectivity index (χ1) is 9.54. The molecular formula is C12H23N7O. The molecule has 0 fully saturated rings. The summed E-state index contributed by atoms with van der Waals surface area (Å²) < 4.78 is 6.50. The van der Waals surface area contributed by atoms with Gasteiger partial charge in [-0.3, -0.25) is 15.1 Å². The van der Waals surface area contributed by atoms with Gasteiger partial charge in [0.05, 0.1) is 18.3 Å². The van der Waals surface area contributed by atoms with Crippen LogP contribution in [0, 0.1) is 0 Å². The molecule has 7 N–H and O–H groups in total. The molecule has 1 unspecified atom stereocenters. The van der Waals surface area contributed by atoms with Crippen molar-refractivity contribution in [3.05, 3.63) is 23.5 Å². The predicted molar refractivity (Wildman–Crippen MR) is 80.8 cm³/mol. The molecule has 1 rings (SSSR count). The molecule has 0 aliphatic heterocycles. The van der Waals surface area contributed by atoms with Crippen LogP contribution in [0.4, 0.5) is 0 Å². The van der Waals surface area contributed by atoms with E-state index in [1.165, 1.54) is 4.68 Å². The Kier molecular flexibility index (Phi) is 6.01. The second-order valence-corrected chi connectivity index (χ2v) is 4.32. The summed E-state index contributed by atoms with van der Waals surface area (Å²) >= 11 is 0. The Morgan fingerprint density at radius 1 is 1.55 bits per heavy atom. The molecular weight excluding hydrogens is 258 g/mol. The number of hydrogen-bond donors (Lipinski definition) is 4. The third kappa shape index (κ3) is 3.72. The molecule has 0 saturated heterocycles. The predicted octanol–water partition coefficient (Wildman–Crippen LogP) is -0.678. The van der Waals surface area contributed by atoms with Crippen LogP contribution in [0.1, 0.15) is 24.7 Å². The zero-order valence-corrected chi connectivity index (χ0v) is 11.9. The Bertz CT molecular complexity index is 468. The SMILES string of the molecule is C=NNC(N)[C@H](CC)/N=C(/N)c1ccc(COC)n1N. The van der Waals surface area contributed by atoms with Crippen molar-refractivity contribution >= 4 is 12.6 Å². The van der Waals surface area contributed by atoms with Crippen LogP contribution in [0.3, 0.4) is 0 Å². The van der Waals surface area contributed by atoms with Crippen LogP contribution < -0.4 is 22.7 Å². The summed E-state index contributed by atoms with van der Waals surface area (Å²) in [7, 11) is 1.60. The third-order valence-electron chi connectivity index (χ3n) is 2.94. The van der Waals surface area contributed by atoms with Gasteiger partial charge in [0.25, 0.3) is 0 Å². The fourth-order valence-electron chi connectivity index (χ4n) is 1.83. The highest BCUT2D eigenvalue weighted by atomic mass is 16.5. The molecule has 1 aromatic rings. The van der Waals surface area contributed by atoms with Crippen molar-refractivity contribution < 1.29 is 4.74 Å². The molecule has 8 heteroatoms. The number of aliphatic imine (C=N–C) groups is 1. The first kappa shape index (κ1) is 16.0. The quantitative estimate of drug-likeness (QED) is 0.165. The van der Waals surface area contributed by atoms with Crippen molar-refractivity contribution in [1.29, 1.82) is 0 Å². The minimum Gasteiger partial charge on any atom is -0.382 e. The van der Waals surface area contributed by atoms with Gasteiger partial charge >= 0.3 is 0 Å². The highest BCUT2D eigenvalue weighted by molar-refractivity contribution is 5.96. The van der Waals surface area contributed by atoms with E-state index in [2.05, 4.69) is 22.2 Å². The van der Waals surface area contributed by atoms with Gasteiger partial charge < -0.3 is 22.0 Å². The second kappa shape index (κ2) is 7.51. The number of hydrogen-bond acceptors (Lipinski definition) is 6. The van der Waals surface area contributed by atoms with E-state index in [0.29, 0.717) is 24.6 Å². The van der Waals surface area contributed by atoms with Crippen LogP contribution in [-0.4, -0.2) is 36.5 Å². The molecule has 0 saturated carbocycles. The van der Waals surface area contributed by atoms with Crippen LogP contribution in [0.5, 0.6) is 0 Å². The molecule has 8 nitrogen and oxygen atoms in total. The van der Waals surface area contributed by atoms with Gasteiger partial charge in [-0.2, -0.15) is 5.10 Å². The summed E-state index contributed by atoms with van der Waals surface area (Å²) in [5.41, 5.74) is 16.0. The van der Waals surface area contributed by atoms with Crippen molar-refractivity contribution in [2.24, 2.45) is 21.6 Å². The fraction of sp³-hybridized carbons (Fsp3) is 0.500. The van der Waals surface area contributed by atoms with Gasteiger partial charge in [0.15, 0.2) is 0 Å². The zero-order chi connectivity index (χ0) is 15.1. The maximum Gasteiger partial charge on any atom is 0.145 e. The van der Waals surface area contributed by atoms with E-state index < -0.39 is 6.17 Å². The molecule has 0 aliphatic rings. The number of nitrogens with one attached hydrogen (secondary N) is 1. The van der Waals surface area contributed by atoms with Gasteiger partial charge in [0, 0.05) is 13.8 Å². The summed E-state index contributed by atoms with van der Waals surface area (Å²) in [6.07, 6.45) is 0.260. The number of rotatable bonds is 8. The summed E-state index contributed by atoms with van der Waals surface area (Å²) in [6.45, 7) is 5.70. The van der Waals surface area contributed by atoms with Crippen molar-refractivity contribution in [1.82, 2.24) is 10.1 Å². The largest absolute Gasteiger partial charge is 0.382 e. The Morgan fingerprint density at radius 3 is 2.80 bits per heavy atom. The fourth-order valence-corrected chi connectivity index (χ4v) is 1.83. The lowest BCUT2D eigenvalue weighted by molar-refractivity contribution is 0.179. The summed E-state index contributed by atoms with van der Waals surface area (Å²) in [5, 5.41) is 3.55. The molecule has 112 valence electrons. The Hall–Kier alpha value is -2.06. The van der Waals surface area contributed by atoms with E-state index in [0.717, 1.165) is 5.69 Å². The van der Waals surface area contributed by atoms with E-state index in [1.54, 1.807) is 13.2 Å². The lowest BCUT2D eigenvalue weighted by Crippen LogP contribution is -2.44. The number of methoxy groups -OCH3 is 1. The van der Waals surface area contributed by atoms with Crippen molar-refractivity contribution in [3.63, 3.8) is 0 Å². The lowest BCUT2D eigenvalue weighted by atomic mass is 10.2. The van der Waals surface area contributed by atoms with Gasteiger partial charge in [-0.25, -0.2) is 0 Å². The molecule has 0 aliphatic carbocycles. The second-order valence-electron chi connectivity index (χ2n) is 4.32. The van der Waals surface area contributed by atoms with Crippen LogP contribution >= 0.6 is 0 Å². The maximum atomic E-state index is 5.99. The highest BCUT2D eigenvalue weighted by Gasteiger charge is 2.16. The van der Waals surface area contributed by atoms with Crippen LogP contribution in [0.15, 0.2) is 22.2 Å². The third-order valence-corrected chi connectivity index (χ3v) is 2.94. The summed E-state index contributed by atoms with van der Waals surface area (Å²) in [5.74, 6) is 6.26. The minimum absolute atomic E-state index is 0.221. The van der Waals surface area contributed by atoms with Crippen molar-refractivity contribution in [3.8, 4) is 0 Å². The number of aromatic nitrogens is 1. The number of nitrogen functional groups attached to an aromatic ring is 1. The van der Waals surface area contributed by atoms with Crippen molar-refractivity contribution in [2.75, 3.05) is 13.0 Å². The topological polar surface area (TPSA) is 129 Å². The lowest BCUT2D eigenvalue weighted by Gasteiger charge is -2.19. The van der Waals surface area contributed by atoms with Gasteiger partial charge in [-0.05, 0) is 18.6 Å². The molecule has 0 aromatic carbocycles. The Balaban J connectivity index is 2.94. The Labute approximate surface area is 118 Å². The number of hydrazone groups is 1. The molecule has 20 heavy (non-hydrogen) atoms. The average molecular weight is 281 g/mol. The molecule has 0 amide bonds. The molecule has 0 spiro atoms. The summed E-state index contributed by atoms with van der Waals surface area (Å²) in [4.78, 5) is 4.40. The van der Waals surface area contributed by atoms with Gasteiger partial charge in [-0.15, -0.1) is 0 Å². The molecule has 0 radical (unpaired) electrons. The van der Waals surface area contributed by atoms with Gasteiger partial charge in [0.2, 0.25) is 0 Å². The van der Waals surface area contributed by atoms with Gasteiger partial charge in [0.1, 0.15) is 17.7 Å². The van der Waals surface area contributed by atoms with Crippen LogP contribution in [0.25, 0.3) is 0 Å². The van der Waals surface area contributed by atoms with Crippen molar-refractivity contribution in [2.45, 2.75) is 32.2 Å². The Morgan fingerprint density at radius 2 is 2.25 bits per heavy atom. The van der Waals surface area contributed by atoms with Crippen LogP contribution in [-0.2, 0) is 11.3 Å². The number of nitrogens with two attached hydrogens (primary N) is 3. The molecule has 1 heterocycles. The van der Waals surface area contributed by atoms with Crippen LogP contribution in [0.2, 0.25) is 0 Å². The van der Waals surface area contributed by atoms with Gasteiger partial charge in [-0.1, -0.05) is 6.92 Å². The van der Waals surface area contributed by atoms with E-state index in [4.69, 9.17) is 22.0 Å². The molecule has 1 aromatic heterocycles. The number of amidine groups is 1. The van der Waals surface area contributed by atoms with E-state index in [1.807, 2.05) is 13.0 Å². The molecule has 0 bridgehead atoms. The first-order valence-electron chi connectivity index (χ1n) is 6.30. The zero-order valence-electron chi connectivity index (χ0n) is 11.9. The normalized spacial score (nSPS) is 14.8. The standard InChI is InChI=1S/C12H23N7O/c1-4-9(11(13)18-16-2)17-12(14)10-6-5-8(7-20-3)19(10)15/h5-6,9,11,18H,2,4,7,13,15H2,1,3H3,(H2,14,17)/t9-,11?/m0/s1. The first-order valence-corrected chi connectivity index (χ1v) is 6.30. The molecule has 2 atom stereocenters.